The minimum atomic E-state index is -0.0510. The number of methoxy groups -OCH3 is 2. The monoisotopic (exact) mass is 400 g/mol. The number of fused-ring (bicyclic) bond motifs is 1. The minimum Gasteiger partial charge on any atom is -0.497 e. The highest BCUT2D eigenvalue weighted by Crippen LogP contribution is 2.24. The van der Waals surface area contributed by atoms with Crippen LogP contribution in [0.25, 0.3) is 0 Å². The second-order valence-electron chi connectivity index (χ2n) is 7.98. The van der Waals surface area contributed by atoms with Gasteiger partial charge in [0.05, 0.1) is 13.7 Å². The number of hydrogen-bond donors (Lipinski definition) is 2. The van der Waals surface area contributed by atoms with Crippen LogP contribution in [0.15, 0.2) is 29.3 Å². The molecule has 1 atom stereocenters. The summed E-state index contributed by atoms with van der Waals surface area (Å²) >= 11 is 0. The molecule has 8 nitrogen and oxygen atoms in total. The molecule has 0 bridgehead atoms. The van der Waals surface area contributed by atoms with Gasteiger partial charge in [0.25, 0.3) is 0 Å². The first-order valence-corrected chi connectivity index (χ1v) is 9.98. The van der Waals surface area contributed by atoms with Gasteiger partial charge in [0.2, 0.25) is 0 Å². The van der Waals surface area contributed by atoms with Crippen molar-refractivity contribution in [1.82, 2.24) is 25.4 Å². The molecule has 0 radical (unpaired) electrons. The lowest BCUT2D eigenvalue weighted by atomic mass is 9.84. The molecule has 1 aliphatic rings. The van der Waals surface area contributed by atoms with Gasteiger partial charge in [0.1, 0.15) is 18.2 Å². The van der Waals surface area contributed by atoms with E-state index in [2.05, 4.69) is 51.7 Å². The Morgan fingerprint density at radius 1 is 1.28 bits per heavy atom. The quantitative estimate of drug-likeness (QED) is 0.545. The van der Waals surface area contributed by atoms with Crippen molar-refractivity contribution >= 4 is 5.96 Å². The number of aliphatic imine (C=N–C) groups is 1. The number of benzene rings is 1. The summed E-state index contributed by atoms with van der Waals surface area (Å²) in [7, 11) is 5.15. The zero-order chi connectivity index (χ0) is 20.9. The van der Waals surface area contributed by atoms with Crippen LogP contribution in [-0.2, 0) is 29.7 Å². The molecule has 1 unspecified atom stereocenters. The highest BCUT2D eigenvalue weighted by molar-refractivity contribution is 5.80. The minimum absolute atomic E-state index is 0.0510. The number of ether oxygens (including phenoxy) is 2. The zero-order valence-electron chi connectivity index (χ0n) is 18.0. The normalized spacial score (nSPS) is 17.0. The van der Waals surface area contributed by atoms with Crippen LogP contribution in [0.3, 0.4) is 0 Å². The van der Waals surface area contributed by atoms with Gasteiger partial charge in [0, 0.05) is 38.6 Å². The lowest BCUT2D eigenvalue weighted by Crippen LogP contribution is -2.49. The van der Waals surface area contributed by atoms with E-state index in [-0.39, 0.29) is 11.5 Å². The number of hydrogen-bond acceptors (Lipinski definition) is 5. The van der Waals surface area contributed by atoms with Gasteiger partial charge in [-0.2, -0.15) is 5.10 Å². The number of aryl methyl sites for hydroxylation is 1. The summed E-state index contributed by atoms with van der Waals surface area (Å²) in [4.78, 5) is 8.94. The smallest absolute Gasteiger partial charge is 0.191 e. The number of nitrogens with zero attached hydrogens (tertiary/aromatic N) is 4. The molecule has 3 rings (SSSR count). The summed E-state index contributed by atoms with van der Waals surface area (Å²) in [6, 6.07) is 8.48. The molecule has 29 heavy (non-hydrogen) atoms. The van der Waals surface area contributed by atoms with Gasteiger partial charge in [0.15, 0.2) is 11.8 Å². The standard InChI is InChI=1S/C21H32N6O2/c1-21(2,15-6-9-17(29-5)10-7-15)14-23-20(22-3)24-16-8-11-19-25-18(13-28-4)26-27(19)12-16/h6-7,9-10,16H,8,11-14H2,1-5H3,(H2,22,23,24). The van der Waals surface area contributed by atoms with Crippen LogP contribution in [0.5, 0.6) is 5.75 Å². The van der Waals surface area contributed by atoms with Gasteiger partial charge in [-0.15, -0.1) is 0 Å². The SMILES string of the molecule is CN=C(NCC(C)(C)c1ccc(OC)cc1)NC1CCc2nc(COC)nn2C1. The van der Waals surface area contributed by atoms with Crippen LogP contribution >= 0.6 is 0 Å². The van der Waals surface area contributed by atoms with Crippen LogP contribution in [0.4, 0.5) is 0 Å². The average Bonchev–Trinajstić information content (AvgIpc) is 3.13. The molecular formula is C21H32N6O2. The van der Waals surface area contributed by atoms with E-state index in [1.54, 1.807) is 21.3 Å². The van der Waals surface area contributed by atoms with Crippen molar-refractivity contribution in [3.63, 3.8) is 0 Å². The summed E-state index contributed by atoms with van der Waals surface area (Å²) in [6.45, 7) is 6.41. The lowest BCUT2D eigenvalue weighted by molar-refractivity contribution is 0.177. The molecule has 158 valence electrons. The molecule has 1 aliphatic heterocycles. The van der Waals surface area contributed by atoms with E-state index in [0.717, 1.165) is 49.3 Å². The van der Waals surface area contributed by atoms with E-state index in [1.807, 2.05) is 16.8 Å². The molecule has 1 aromatic heterocycles. The first-order valence-electron chi connectivity index (χ1n) is 9.98. The largest absolute Gasteiger partial charge is 0.497 e. The van der Waals surface area contributed by atoms with Gasteiger partial charge in [-0.05, 0) is 24.1 Å². The van der Waals surface area contributed by atoms with Crippen molar-refractivity contribution in [3.8, 4) is 5.75 Å². The Bertz CT molecular complexity index is 828. The Labute approximate surface area is 172 Å². The molecule has 0 aliphatic carbocycles. The number of guanidine groups is 1. The topological polar surface area (TPSA) is 85.6 Å². The fourth-order valence-corrected chi connectivity index (χ4v) is 3.51. The first kappa shape index (κ1) is 21.1. The van der Waals surface area contributed by atoms with E-state index in [1.165, 1.54) is 5.56 Å². The lowest BCUT2D eigenvalue weighted by Gasteiger charge is -2.29. The summed E-state index contributed by atoms with van der Waals surface area (Å²) in [5.74, 6) is 3.44. The predicted octanol–water partition coefficient (Wildman–Crippen LogP) is 1.89. The molecule has 0 amide bonds. The van der Waals surface area contributed by atoms with E-state index >= 15 is 0 Å². The van der Waals surface area contributed by atoms with Crippen molar-refractivity contribution < 1.29 is 9.47 Å². The summed E-state index contributed by atoms with van der Waals surface area (Å²) in [6.07, 6.45) is 1.89. The molecular weight excluding hydrogens is 368 g/mol. The van der Waals surface area contributed by atoms with Gasteiger partial charge in [-0.1, -0.05) is 26.0 Å². The van der Waals surface area contributed by atoms with Crippen molar-refractivity contribution in [2.75, 3.05) is 27.8 Å². The maximum atomic E-state index is 5.26. The fraction of sp³-hybridized carbons (Fsp3) is 0.571. The third-order valence-electron chi connectivity index (χ3n) is 5.31. The molecule has 2 heterocycles. The maximum Gasteiger partial charge on any atom is 0.191 e. The molecule has 0 spiro atoms. The van der Waals surface area contributed by atoms with Crippen molar-refractivity contribution in [2.45, 2.75) is 51.3 Å². The summed E-state index contributed by atoms with van der Waals surface area (Å²) < 4.78 is 12.4. The van der Waals surface area contributed by atoms with Gasteiger partial charge < -0.3 is 20.1 Å². The second kappa shape index (κ2) is 9.26. The fourth-order valence-electron chi connectivity index (χ4n) is 3.51. The third-order valence-corrected chi connectivity index (χ3v) is 5.31. The van der Waals surface area contributed by atoms with Crippen molar-refractivity contribution in [3.05, 3.63) is 41.5 Å². The third kappa shape index (κ3) is 5.26. The Hall–Kier alpha value is -2.61. The number of rotatable bonds is 7. The van der Waals surface area contributed by atoms with Crippen molar-refractivity contribution in [2.24, 2.45) is 4.99 Å². The molecule has 2 N–H and O–H groups in total. The van der Waals surface area contributed by atoms with Gasteiger partial charge in [-0.3, -0.25) is 4.99 Å². The van der Waals surface area contributed by atoms with E-state index in [4.69, 9.17) is 9.47 Å². The van der Waals surface area contributed by atoms with Crippen LogP contribution < -0.4 is 15.4 Å². The van der Waals surface area contributed by atoms with E-state index in [0.29, 0.717) is 6.61 Å². The number of aromatic nitrogens is 3. The molecule has 2 aromatic rings. The first-order chi connectivity index (χ1) is 13.9. The Kier molecular flexibility index (Phi) is 6.74. The van der Waals surface area contributed by atoms with Crippen LogP contribution in [0.2, 0.25) is 0 Å². The second-order valence-corrected chi connectivity index (χ2v) is 7.98. The summed E-state index contributed by atoms with van der Waals surface area (Å²) in [5, 5.41) is 11.5. The van der Waals surface area contributed by atoms with Gasteiger partial charge >= 0.3 is 0 Å². The van der Waals surface area contributed by atoms with Crippen molar-refractivity contribution in [1.29, 1.82) is 0 Å². The van der Waals surface area contributed by atoms with Gasteiger partial charge in [-0.25, -0.2) is 9.67 Å². The van der Waals surface area contributed by atoms with Crippen LogP contribution in [0, 0.1) is 0 Å². The van der Waals surface area contributed by atoms with Crippen LogP contribution in [0.1, 0.15) is 37.5 Å². The molecule has 0 saturated heterocycles. The highest BCUT2D eigenvalue weighted by atomic mass is 16.5. The molecule has 0 saturated carbocycles. The Balaban J connectivity index is 1.56. The predicted molar refractivity (Wildman–Crippen MR) is 113 cm³/mol. The highest BCUT2D eigenvalue weighted by Gasteiger charge is 2.24. The summed E-state index contributed by atoms with van der Waals surface area (Å²) in [5.41, 5.74) is 1.20. The molecule has 1 aromatic carbocycles. The van der Waals surface area contributed by atoms with E-state index < -0.39 is 0 Å². The zero-order valence-corrected chi connectivity index (χ0v) is 18.0. The Morgan fingerprint density at radius 3 is 2.69 bits per heavy atom. The molecule has 8 heteroatoms. The van der Waals surface area contributed by atoms with E-state index in [9.17, 15) is 0 Å². The van der Waals surface area contributed by atoms with Crippen LogP contribution in [-0.4, -0.2) is 54.6 Å². The molecule has 0 fully saturated rings. The maximum absolute atomic E-state index is 5.26. The number of nitrogens with one attached hydrogen (secondary N) is 2. The Morgan fingerprint density at radius 2 is 2.03 bits per heavy atom. The average molecular weight is 401 g/mol.